The van der Waals surface area contributed by atoms with Crippen LogP contribution in [0.15, 0.2) is 66.2 Å². The Kier molecular flexibility index (Phi) is 8.81. The number of aromatic carboxylic acids is 1. The van der Waals surface area contributed by atoms with E-state index in [0.29, 0.717) is 40.9 Å². The van der Waals surface area contributed by atoms with Gasteiger partial charge in [0.05, 0.1) is 12.2 Å². The number of halogens is 1. The summed E-state index contributed by atoms with van der Waals surface area (Å²) in [6, 6.07) is 14.2. The van der Waals surface area contributed by atoms with E-state index in [1.165, 1.54) is 29.5 Å². The molecule has 0 saturated carbocycles. The molecular formula is C31H30FN3O6S. The molecule has 218 valence electrons. The van der Waals surface area contributed by atoms with E-state index in [1.807, 2.05) is 19.1 Å². The Balaban J connectivity index is 1.44. The lowest BCUT2D eigenvalue weighted by Crippen LogP contribution is -2.47. The second kappa shape index (κ2) is 12.7. The van der Waals surface area contributed by atoms with Crippen molar-refractivity contribution < 1.29 is 33.3 Å². The van der Waals surface area contributed by atoms with Crippen LogP contribution in [-0.4, -0.2) is 48.8 Å². The van der Waals surface area contributed by atoms with E-state index in [2.05, 4.69) is 15.6 Å². The molecule has 11 heteroatoms. The van der Waals surface area contributed by atoms with Gasteiger partial charge in [-0.3, -0.25) is 4.79 Å². The number of anilines is 1. The number of benzene rings is 3. The van der Waals surface area contributed by atoms with Crippen molar-refractivity contribution in [1.29, 1.82) is 0 Å². The van der Waals surface area contributed by atoms with Gasteiger partial charge < -0.3 is 30.0 Å². The van der Waals surface area contributed by atoms with E-state index in [1.54, 1.807) is 43.0 Å². The van der Waals surface area contributed by atoms with Gasteiger partial charge in [0.1, 0.15) is 18.2 Å². The van der Waals surface area contributed by atoms with Gasteiger partial charge >= 0.3 is 5.97 Å². The number of ether oxygens (including phenoxy) is 3. The molecule has 4 aromatic rings. The van der Waals surface area contributed by atoms with Crippen LogP contribution in [-0.2, 0) is 21.5 Å². The van der Waals surface area contributed by atoms with Gasteiger partial charge in [-0.2, -0.15) is 0 Å². The van der Waals surface area contributed by atoms with Gasteiger partial charge in [-0.15, -0.1) is 11.3 Å². The molecule has 1 aliphatic heterocycles. The third-order valence-electron chi connectivity index (χ3n) is 7.02. The first-order valence-corrected chi connectivity index (χ1v) is 14.2. The van der Waals surface area contributed by atoms with Gasteiger partial charge in [-0.25, -0.2) is 14.2 Å². The van der Waals surface area contributed by atoms with Crippen LogP contribution >= 0.6 is 11.3 Å². The molecule has 3 aromatic carbocycles. The number of carbonyl (C=O) groups is 2. The molecular weight excluding hydrogens is 561 g/mol. The molecule has 0 aliphatic carbocycles. The molecule has 42 heavy (non-hydrogen) atoms. The number of aromatic nitrogens is 1. The number of nitrogens with zero attached hydrogens (tertiary/aromatic N) is 1. The molecule has 1 amide bonds. The molecule has 0 bridgehead atoms. The predicted molar refractivity (Wildman–Crippen MR) is 157 cm³/mol. The number of hydrogen-bond acceptors (Lipinski definition) is 8. The number of carboxylic acid groups (broad SMARTS) is 1. The van der Waals surface area contributed by atoms with Gasteiger partial charge in [0.2, 0.25) is 5.91 Å². The van der Waals surface area contributed by atoms with Crippen molar-refractivity contribution in [1.82, 2.24) is 10.3 Å². The van der Waals surface area contributed by atoms with E-state index in [9.17, 15) is 9.59 Å². The summed E-state index contributed by atoms with van der Waals surface area (Å²) in [5.74, 6) is -0.646. The van der Waals surface area contributed by atoms with E-state index in [-0.39, 0.29) is 30.2 Å². The fourth-order valence-corrected chi connectivity index (χ4v) is 5.50. The quantitative estimate of drug-likeness (QED) is 0.186. The summed E-state index contributed by atoms with van der Waals surface area (Å²) in [6.07, 6.45) is 2.52. The molecule has 5 rings (SSSR count). The summed E-state index contributed by atoms with van der Waals surface area (Å²) in [5, 5.41) is 17.8. The highest BCUT2D eigenvalue weighted by Crippen LogP contribution is 2.41. The first-order chi connectivity index (χ1) is 20.3. The van der Waals surface area contributed by atoms with Crippen molar-refractivity contribution in [2.45, 2.75) is 25.3 Å². The number of nitrogens with one attached hydrogen (secondary N) is 2. The summed E-state index contributed by atoms with van der Waals surface area (Å²) in [4.78, 5) is 28.2. The fraction of sp³-hybridized carbons (Fsp3) is 0.258. The smallest absolute Gasteiger partial charge is 0.335 e. The van der Waals surface area contributed by atoms with Gasteiger partial charge in [0.15, 0.2) is 16.6 Å². The second-order valence-corrected chi connectivity index (χ2v) is 10.9. The standard InChI is InChI=1S/C31H30FN3O6S/c1-31(18-28(36)35-30-33-11-14-42-30)24-17-27(26(40-13-12-39-2)15-21(24)9-10-34-31)41-22-7-8-23(25(32)16-22)19-3-5-20(6-4-19)29(37)38/h3-8,11,14-17,34H,9-10,12-13,18H2,1-2H3,(H,37,38)(H,33,35,36)/t31-/m1/s1. The second-order valence-electron chi connectivity index (χ2n) is 9.99. The first-order valence-electron chi connectivity index (χ1n) is 13.3. The Bertz CT molecular complexity index is 1580. The summed E-state index contributed by atoms with van der Waals surface area (Å²) >= 11 is 1.35. The van der Waals surface area contributed by atoms with Gasteiger partial charge in [0, 0.05) is 48.8 Å². The Morgan fingerprint density at radius 2 is 1.93 bits per heavy atom. The average Bonchev–Trinajstić information content (AvgIpc) is 3.47. The van der Waals surface area contributed by atoms with Gasteiger partial charge in [0.25, 0.3) is 0 Å². The number of hydrogen-bond donors (Lipinski definition) is 3. The first kappa shape index (κ1) is 29.2. The summed E-state index contributed by atoms with van der Waals surface area (Å²) in [7, 11) is 1.58. The molecule has 0 saturated heterocycles. The molecule has 1 aromatic heterocycles. The van der Waals surface area contributed by atoms with Crippen LogP contribution in [0.25, 0.3) is 11.1 Å². The Morgan fingerprint density at radius 3 is 2.62 bits per heavy atom. The number of thiazole rings is 1. The minimum atomic E-state index is -1.05. The van der Waals surface area contributed by atoms with Gasteiger partial charge in [-0.05, 0) is 66.4 Å². The number of amides is 1. The maximum atomic E-state index is 15.2. The molecule has 0 unspecified atom stereocenters. The van der Waals surface area contributed by atoms with Crippen LogP contribution in [0.5, 0.6) is 17.2 Å². The van der Waals surface area contributed by atoms with Crippen molar-refractivity contribution in [3.63, 3.8) is 0 Å². The SMILES string of the molecule is COCCOc1cc2c(cc1Oc1ccc(-c3ccc(C(=O)O)cc3)c(F)c1)[C@@](C)(CC(=O)Nc1nccs1)NCC2. The lowest BCUT2D eigenvalue weighted by atomic mass is 9.81. The zero-order valence-corrected chi connectivity index (χ0v) is 23.9. The van der Waals surface area contributed by atoms with Crippen LogP contribution in [0.2, 0.25) is 0 Å². The number of carbonyl (C=O) groups excluding carboxylic acids is 1. The maximum Gasteiger partial charge on any atom is 0.335 e. The van der Waals surface area contributed by atoms with Crippen molar-refractivity contribution >= 4 is 28.3 Å². The molecule has 0 spiro atoms. The molecule has 3 N–H and O–H groups in total. The zero-order valence-electron chi connectivity index (χ0n) is 23.1. The number of fused-ring (bicyclic) bond motifs is 1. The molecule has 0 radical (unpaired) electrons. The Hall–Kier alpha value is -4.32. The molecule has 9 nitrogen and oxygen atoms in total. The van der Waals surface area contributed by atoms with Crippen LogP contribution in [0.4, 0.5) is 9.52 Å². The largest absolute Gasteiger partial charge is 0.487 e. The summed E-state index contributed by atoms with van der Waals surface area (Å²) < 4.78 is 32.6. The highest BCUT2D eigenvalue weighted by atomic mass is 32.1. The average molecular weight is 592 g/mol. The fourth-order valence-electron chi connectivity index (χ4n) is 4.96. The number of rotatable bonds is 11. The van der Waals surface area contributed by atoms with Crippen LogP contribution < -0.4 is 20.1 Å². The van der Waals surface area contributed by atoms with Crippen LogP contribution in [0.3, 0.4) is 0 Å². The highest BCUT2D eigenvalue weighted by Gasteiger charge is 2.35. The molecule has 1 atom stereocenters. The Labute approximate surface area is 246 Å². The summed E-state index contributed by atoms with van der Waals surface area (Å²) in [6.45, 7) is 3.30. The van der Waals surface area contributed by atoms with Crippen molar-refractivity contribution in [3.05, 3.63) is 88.7 Å². The lowest BCUT2D eigenvalue weighted by Gasteiger charge is -2.37. The molecule has 1 aliphatic rings. The minimum absolute atomic E-state index is 0.120. The lowest BCUT2D eigenvalue weighted by molar-refractivity contribution is -0.117. The maximum absolute atomic E-state index is 15.2. The Morgan fingerprint density at radius 1 is 1.12 bits per heavy atom. The van der Waals surface area contributed by atoms with E-state index >= 15 is 4.39 Å². The zero-order chi connectivity index (χ0) is 29.7. The van der Waals surface area contributed by atoms with Crippen molar-refractivity contribution in [2.75, 3.05) is 32.2 Å². The van der Waals surface area contributed by atoms with E-state index in [0.717, 1.165) is 17.5 Å². The topological polar surface area (TPSA) is 119 Å². The monoisotopic (exact) mass is 591 g/mol. The van der Waals surface area contributed by atoms with Crippen molar-refractivity contribution in [2.24, 2.45) is 0 Å². The van der Waals surface area contributed by atoms with E-state index < -0.39 is 17.3 Å². The highest BCUT2D eigenvalue weighted by molar-refractivity contribution is 7.13. The third-order valence-corrected chi connectivity index (χ3v) is 7.71. The summed E-state index contributed by atoms with van der Waals surface area (Å²) in [5.41, 5.74) is 2.17. The minimum Gasteiger partial charge on any atom is -0.487 e. The van der Waals surface area contributed by atoms with E-state index in [4.69, 9.17) is 19.3 Å². The number of methoxy groups -OCH3 is 1. The van der Waals surface area contributed by atoms with Crippen molar-refractivity contribution in [3.8, 4) is 28.4 Å². The number of carboxylic acids is 1. The normalized spacial score (nSPS) is 16.0. The molecule has 0 fully saturated rings. The molecule has 2 heterocycles. The third kappa shape index (κ3) is 6.59. The predicted octanol–water partition coefficient (Wildman–Crippen LogP) is 5.85. The van der Waals surface area contributed by atoms with Crippen LogP contribution in [0, 0.1) is 5.82 Å². The van der Waals surface area contributed by atoms with Crippen LogP contribution in [0.1, 0.15) is 34.8 Å². The van der Waals surface area contributed by atoms with Gasteiger partial charge in [-0.1, -0.05) is 12.1 Å².